The maximum atomic E-state index is 2.56. The molecule has 0 aromatic heterocycles. The first kappa shape index (κ1) is 36.7. The van der Waals surface area contributed by atoms with Gasteiger partial charge in [0.05, 0.1) is 5.69 Å². The molecule has 0 saturated carbocycles. The summed E-state index contributed by atoms with van der Waals surface area (Å²) in [4.78, 5) is 5.09. The Bertz CT molecular complexity index is 3260. The maximum absolute atomic E-state index is 2.56. The van der Waals surface area contributed by atoms with E-state index in [9.17, 15) is 0 Å². The number of hydrogen-bond donors (Lipinski definition) is 0. The van der Waals surface area contributed by atoms with E-state index < -0.39 is 0 Å². The van der Waals surface area contributed by atoms with Crippen molar-refractivity contribution in [1.82, 2.24) is 0 Å². The smallest absolute Gasteiger partial charge is 0.252 e. The third kappa shape index (κ3) is 6.37. The molecule has 0 radical (unpaired) electrons. The summed E-state index contributed by atoms with van der Waals surface area (Å²) in [6.45, 7) is -0.0283. The highest BCUT2D eigenvalue weighted by atomic mass is 15.2. The lowest BCUT2D eigenvalue weighted by Crippen LogP contribution is -2.61. The van der Waals surface area contributed by atoms with Crippen LogP contribution in [0.3, 0.4) is 0 Å². The minimum Gasteiger partial charge on any atom is -0.311 e. The van der Waals surface area contributed by atoms with Crippen molar-refractivity contribution in [1.29, 1.82) is 0 Å². The van der Waals surface area contributed by atoms with Crippen LogP contribution >= 0.6 is 0 Å². The number of para-hydroxylation sites is 1. The molecule has 0 aliphatic carbocycles. The van der Waals surface area contributed by atoms with Crippen molar-refractivity contribution >= 4 is 57.2 Å². The quantitative estimate of drug-likeness (QED) is 0.148. The Morgan fingerprint density at radius 2 is 0.603 bits per heavy atom. The lowest BCUT2D eigenvalue weighted by molar-refractivity contribution is 1.25. The summed E-state index contributed by atoms with van der Waals surface area (Å²) in [5.74, 6) is 0. The molecule has 2 aliphatic heterocycles. The van der Waals surface area contributed by atoms with Crippen LogP contribution in [-0.4, -0.2) is 6.71 Å². The van der Waals surface area contributed by atoms with Crippen LogP contribution in [-0.2, 0) is 0 Å². The highest BCUT2D eigenvalue weighted by Gasteiger charge is 2.44. The Morgan fingerprint density at radius 3 is 1.13 bits per heavy atom. The van der Waals surface area contributed by atoms with Gasteiger partial charge in [0.1, 0.15) is 0 Å². The van der Waals surface area contributed by atoms with Gasteiger partial charge in [-0.25, -0.2) is 0 Å². The van der Waals surface area contributed by atoms with Gasteiger partial charge in [-0.05, 0) is 109 Å². The van der Waals surface area contributed by atoms with E-state index in [0.717, 1.165) is 11.4 Å². The molecule has 0 atom stereocenters. The zero-order valence-electron chi connectivity index (χ0n) is 34.6. The standard InChI is InChI=1S/C60H41BN2/c1-6-18-42(19-7-1)46-30-34-51(35-31-46)62-56-38-48(43-20-8-2-9-21-43)32-36-53(56)61-54-37-33-49(44-22-10-3-11-23-44)39-57(54)63(55-29-17-16-28-52(55)47-26-14-5-15-27-47)59-41-50(40-58(62)60(59)61)45-24-12-4-13-25-45/h1-41H. The van der Waals surface area contributed by atoms with Crippen LogP contribution in [0.4, 0.5) is 34.1 Å². The number of rotatable bonds is 7. The average molecular weight is 801 g/mol. The third-order valence-corrected chi connectivity index (χ3v) is 12.9. The molecule has 2 nitrogen and oxygen atoms in total. The fourth-order valence-corrected chi connectivity index (χ4v) is 9.91. The van der Waals surface area contributed by atoms with E-state index >= 15 is 0 Å². The molecule has 294 valence electrons. The van der Waals surface area contributed by atoms with Gasteiger partial charge in [0.15, 0.2) is 0 Å². The Balaban J connectivity index is 1.18. The Kier molecular flexibility index (Phi) is 8.97. The van der Waals surface area contributed by atoms with Crippen LogP contribution in [0.2, 0.25) is 0 Å². The highest BCUT2D eigenvalue weighted by Crippen LogP contribution is 2.49. The van der Waals surface area contributed by atoms with E-state index in [1.807, 2.05) is 0 Å². The molecular formula is C60H41BN2. The van der Waals surface area contributed by atoms with Crippen molar-refractivity contribution in [2.45, 2.75) is 0 Å². The van der Waals surface area contributed by atoms with Gasteiger partial charge >= 0.3 is 0 Å². The number of nitrogens with zero attached hydrogens (tertiary/aromatic N) is 2. The molecular weight excluding hydrogens is 759 g/mol. The minimum atomic E-state index is -0.0283. The second kappa shape index (κ2) is 15.4. The number of anilines is 6. The molecule has 0 spiro atoms. The maximum Gasteiger partial charge on any atom is 0.252 e. The van der Waals surface area contributed by atoms with E-state index in [-0.39, 0.29) is 6.71 Å². The van der Waals surface area contributed by atoms with Crippen molar-refractivity contribution in [3.63, 3.8) is 0 Å². The molecule has 2 heterocycles. The van der Waals surface area contributed by atoms with Crippen LogP contribution in [0.25, 0.3) is 55.6 Å². The molecule has 0 N–H and O–H groups in total. The van der Waals surface area contributed by atoms with Gasteiger partial charge in [0, 0.05) is 34.0 Å². The molecule has 63 heavy (non-hydrogen) atoms. The van der Waals surface area contributed by atoms with Crippen molar-refractivity contribution in [3.8, 4) is 55.6 Å². The van der Waals surface area contributed by atoms with E-state index in [1.54, 1.807) is 0 Å². The zero-order chi connectivity index (χ0) is 41.7. The van der Waals surface area contributed by atoms with Gasteiger partial charge in [-0.2, -0.15) is 0 Å². The Morgan fingerprint density at radius 1 is 0.238 bits per heavy atom. The molecule has 0 unspecified atom stereocenters. The van der Waals surface area contributed by atoms with Gasteiger partial charge in [-0.1, -0.05) is 206 Å². The molecule has 0 amide bonds. The molecule has 0 fully saturated rings. The first-order valence-corrected chi connectivity index (χ1v) is 21.8. The zero-order valence-corrected chi connectivity index (χ0v) is 34.6. The lowest BCUT2D eigenvalue weighted by Gasteiger charge is -2.45. The fraction of sp³-hybridized carbons (Fsp3) is 0. The van der Waals surface area contributed by atoms with Gasteiger partial charge < -0.3 is 9.80 Å². The number of fused-ring (bicyclic) bond motifs is 4. The molecule has 3 heteroatoms. The summed E-state index contributed by atoms with van der Waals surface area (Å²) < 4.78 is 0. The third-order valence-electron chi connectivity index (χ3n) is 12.9. The minimum absolute atomic E-state index is 0.0283. The molecule has 10 aromatic rings. The first-order valence-electron chi connectivity index (χ1n) is 21.8. The first-order chi connectivity index (χ1) is 31.3. The predicted octanol–water partition coefficient (Wildman–Crippen LogP) is 14.1. The Labute approximate surface area is 369 Å². The number of hydrogen-bond acceptors (Lipinski definition) is 2. The van der Waals surface area contributed by atoms with Gasteiger partial charge in [0.2, 0.25) is 0 Å². The number of benzene rings is 10. The molecule has 0 bridgehead atoms. The summed E-state index contributed by atoms with van der Waals surface area (Å²) in [7, 11) is 0. The van der Waals surface area contributed by atoms with Crippen LogP contribution in [0, 0.1) is 0 Å². The summed E-state index contributed by atoms with van der Waals surface area (Å²) in [6, 6.07) is 91.2. The SMILES string of the molecule is c1ccc(-c2ccc(N3c4cc(-c5ccccc5)ccc4B4c5ccc(-c6ccccc6)cc5N(c5ccccc5-c5ccccc5)c5cc(-c6ccccc6)cc3c54)cc2)cc1. The summed E-state index contributed by atoms with van der Waals surface area (Å²) in [5, 5.41) is 0. The van der Waals surface area contributed by atoms with Crippen LogP contribution in [0.5, 0.6) is 0 Å². The van der Waals surface area contributed by atoms with E-state index in [2.05, 4.69) is 259 Å². The average Bonchev–Trinajstić information content (AvgIpc) is 3.37. The van der Waals surface area contributed by atoms with Crippen LogP contribution in [0.1, 0.15) is 0 Å². The van der Waals surface area contributed by atoms with Gasteiger partial charge in [-0.3, -0.25) is 0 Å². The van der Waals surface area contributed by atoms with Crippen molar-refractivity contribution in [2.75, 3.05) is 9.80 Å². The Hall–Kier alpha value is -8.14. The van der Waals surface area contributed by atoms with E-state index in [1.165, 1.54) is 94.8 Å². The van der Waals surface area contributed by atoms with E-state index in [0.29, 0.717) is 0 Å². The summed E-state index contributed by atoms with van der Waals surface area (Å²) in [6.07, 6.45) is 0. The second-order valence-corrected chi connectivity index (χ2v) is 16.5. The van der Waals surface area contributed by atoms with Crippen LogP contribution in [0.15, 0.2) is 249 Å². The monoisotopic (exact) mass is 800 g/mol. The second-order valence-electron chi connectivity index (χ2n) is 16.5. The van der Waals surface area contributed by atoms with Crippen molar-refractivity contribution in [2.24, 2.45) is 0 Å². The normalized spacial score (nSPS) is 12.3. The highest BCUT2D eigenvalue weighted by molar-refractivity contribution is 7.00. The molecule has 0 saturated heterocycles. The van der Waals surface area contributed by atoms with Crippen molar-refractivity contribution < 1.29 is 0 Å². The molecule has 12 rings (SSSR count). The summed E-state index contributed by atoms with van der Waals surface area (Å²) in [5.41, 5.74) is 22.8. The molecule has 10 aromatic carbocycles. The van der Waals surface area contributed by atoms with Crippen LogP contribution < -0.4 is 26.2 Å². The predicted molar refractivity (Wildman–Crippen MR) is 268 cm³/mol. The van der Waals surface area contributed by atoms with E-state index in [4.69, 9.17) is 0 Å². The largest absolute Gasteiger partial charge is 0.311 e. The fourth-order valence-electron chi connectivity index (χ4n) is 9.91. The van der Waals surface area contributed by atoms with Gasteiger partial charge in [0.25, 0.3) is 6.71 Å². The lowest BCUT2D eigenvalue weighted by atomic mass is 9.33. The molecule has 2 aliphatic rings. The summed E-state index contributed by atoms with van der Waals surface area (Å²) >= 11 is 0. The topological polar surface area (TPSA) is 6.48 Å². The van der Waals surface area contributed by atoms with Gasteiger partial charge in [-0.15, -0.1) is 0 Å². The van der Waals surface area contributed by atoms with Crippen molar-refractivity contribution in [3.05, 3.63) is 249 Å².